The number of amides is 2. The van der Waals surface area contributed by atoms with Crippen LogP contribution >= 0.6 is 11.6 Å². The summed E-state index contributed by atoms with van der Waals surface area (Å²) in [4.78, 5) is 23.9. The van der Waals surface area contributed by atoms with Crippen LogP contribution < -0.4 is 0 Å². The van der Waals surface area contributed by atoms with Crippen LogP contribution in [0.25, 0.3) is 0 Å². The summed E-state index contributed by atoms with van der Waals surface area (Å²) in [5.41, 5.74) is 0. The lowest BCUT2D eigenvalue weighted by Gasteiger charge is -2.28. The van der Waals surface area contributed by atoms with E-state index in [2.05, 4.69) is 29.2 Å². The molecule has 0 aromatic heterocycles. The Morgan fingerprint density at radius 1 is 1.13 bits per heavy atom. The number of carbonyl (C=O) groups is 2. The molecular formula is C13H17ClN2O6S. The standard InChI is InChI=1S/C13H17ClN2O6S/c1-5-9-21-12(17)16(13(18)22-10-6-2)15(23(4,19)20)8-7-11(3)14/h5-8H,1-3,9-10H2,4H3/b8-7+. The van der Waals surface area contributed by atoms with Crippen LogP contribution in [0.1, 0.15) is 0 Å². The Balaban J connectivity index is 5.75. The Labute approximate surface area is 139 Å². The minimum atomic E-state index is -4.08. The summed E-state index contributed by atoms with van der Waals surface area (Å²) in [6.45, 7) is 9.53. The average molecular weight is 365 g/mol. The quantitative estimate of drug-likeness (QED) is 0.373. The fourth-order valence-corrected chi connectivity index (χ4v) is 1.86. The molecule has 0 bridgehead atoms. The molecule has 0 saturated heterocycles. The summed E-state index contributed by atoms with van der Waals surface area (Å²) in [5.74, 6) is 0. The molecule has 0 aliphatic heterocycles. The molecule has 128 valence electrons. The van der Waals surface area contributed by atoms with Crippen molar-refractivity contribution >= 4 is 33.8 Å². The number of ether oxygens (including phenoxy) is 2. The number of allylic oxidation sites excluding steroid dienone is 2. The minimum absolute atomic E-state index is 0.0301. The van der Waals surface area contributed by atoms with Gasteiger partial charge in [-0.15, -0.1) is 5.01 Å². The van der Waals surface area contributed by atoms with Gasteiger partial charge in [0.2, 0.25) is 10.0 Å². The van der Waals surface area contributed by atoms with Crippen molar-refractivity contribution in [2.45, 2.75) is 0 Å². The number of imide groups is 1. The van der Waals surface area contributed by atoms with E-state index in [1.54, 1.807) is 0 Å². The molecule has 23 heavy (non-hydrogen) atoms. The first-order valence-corrected chi connectivity index (χ1v) is 8.25. The Morgan fingerprint density at radius 3 is 1.87 bits per heavy atom. The van der Waals surface area contributed by atoms with Crippen LogP contribution in [0.15, 0.2) is 49.2 Å². The van der Waals surface area contributed by atoms with E-state index < -0.39 is 22.2 Å². The lowest BCUT2D eigenvalue weighted by molar-refractivity contribution is 0.0439. The molecule has 10 heteroatoms. The Kier molecular flexibility index (Phi) is 8.74. The summed E-state index contributed by atoms with van der Waals surface area (Å²) in [6, 6.07) is 0. The lowest BCUT2D eigenvalue weighted by Crippen LogP contribution is -2.50. The zero-order valence-corrected chi connectivity index (χ0v) is 14.0. The van der Waals surface area contributed by atoms with E-state index in [9.17, 15) is 18.0 Å². The van der Waals surface area contributed by atoms with E-state index in [0.29, 0.717) is 4.41 Å². The predicted octanol–water partition coefficient (Wildman–Crippen LogP) is 2.38. The number of halogens is 1. The second kappa shape index (κ2) is 9.70. The van der Waals surface area contributed by atoms with Crippen LogP contribution in [-0.2, 0) is 19.5 Å². The molecule has 0 heterocycles. The summed E-state index contributed by atoms with van der Waals surface area (Å²) in [6.07, 6.45) is 2.61. The monoisotopic (exact) mass is 364 g/mol. The molecule has 0 aromatic rings. The highest BCUT2D eigenvalue weighted by atomic mass is 35.5. The molecule has 0 spiro atoms. The Morgan fingerprint density at radius 2 is 1.57 bits per heavy atom. The molecule has 0 fully saturated rings. The molecule has 0 N–H and O–H groups in total. The number of rotatable bonds is 8. The zero-order chi connectivity index (χ0) is 18.0. The van der Waals surface area contributed by atoms with Gasteiger partial charge < -0.3 is 9.47 Å². The zero-order valence-electron chi connectivity index (χ0n) is 12.5. The summed E-state index contributed by atoms with van der Waals surface area (Å²) in [5, 5.41) is 0.121. The van der Waals surface area contributed by atoms with Gasteiger partial charge in [0.15, 0.2) is 0 Å². The first-order valence-electron chi connectivity index (χ1n) is 6.02. The summed E-state index contributed by atoms with van der Waals surface area (Å²) in [7, 11) is -4.08. The molecule has 0 saturated carbocycles. The highest BCUT2D eigenvalue weighted by molar-refractivity contribution is 7.88. The molecule has 0 aliphatic rings. The molecule has 0 aromatic carbocycles. The van der Waals surface area contributed by atoms with E-state index in [1.165, 1.54) is 12.2 Å². The molecule has 0 unspecified atom stereocenters. The van der Waals surface area contributed by atoms with Gasteiger partial charge in [0, 0.05) is 11.2 Å². The smallest absolute Gasteiger partial charge is 0.440 e. The van der Waals surface area contributed by atoms with E-state index >= 15 is 0 Å². The minimum Gasteiger partial charge on any atom is -0.444 e. The average Bonchev–Trinajstić information content (AvgIpc) is 2.44. The number of hydrogen-bond donors (Lipinski definition) is 0. The van der Waals surface area contributed by atoms with Crippen molar-refractivity contribution in [2.24, 2.45) is 0 Å². The molecule has 8 nitrogen and oxygen atoms in total. The maximum Gasteiger partial charge on any atom is 0.440 e. The first kappa shape index (κ1) is 20.7. The molecule has 0 rings (SSSR count). The van der Waals surface area contributed by atoms with Crippen molar-refractivity contribution in [3.05, 3.63) is 49.2 Å². The van der Waals surface area contributed by atoms with Crippen molar-refractivity contribution < 1.29 is 27.5 Å². The van der Waals surface area contributed by atoms with Gasteiger partial charge in [-0.2, -0.15) is 4.41 Å². The van der Waals surface area contributed by atoms with Crippen molar-refractivity contribution in [3.63, 3.8) is 0 Å². The number of hydrogen-bond acceptors (Lipinski definition) is 6. The van der Waals surface area contributed by atoms with E-state index in [-0.39, 0.29) is 23.3 Å². The van der Waals surface area contributed by atoms with E-state index in [1.807, 2.05) is 0 Å². The van der Waals surface area contributed by atoms with Gasteiger partial charge in [0.05, 0.1) is 6.26 Å². The van der Waals surface area contributed by atoms with Crippen LogP contribution in [0.5, 0.6) is 0 Å². The van der Waals surface area contributed by atoms with Crippen molar-refractivity contribution in [2.75, 3.05) is 19.5 Å². The number of carbonyl (C=O) groups excluding carboxylic acids is 2. The SMILES string of the molecule is C=CCOC(=O)N(C(=O)OCC=C)N(/C=C/C(=C)Cl)S(C)(=O)=O. The van der Waals surface area contributed by atoms with Gasteiger partial charge in [-0.25, -0.2) is 18.0 Å². The number of hydrazine groups is 1. The number of sulfonamides is 1. The van der Waals surface area contributed by atoms with E-state index in [4.69, 9.17) is 11.6 Å². The first-order chi connectivity index (χ1) is 10.6. The number of nitrogens with zero attached hydrogens (tertiary/aromatic N) is 2. The van der Waals surface area contributed by atoms with Crippen LogP contribution in [-0.4, -0.2) is 49.5 Å². The largest absolute Gasteiger partial charge is 0.444 e. The molecule has 0 radical (unpaired) electrons. The van der Waals surface area contributed by atoms with Gasteiger partial charge >= 0.3 is 12.2 Å². The normalized spacial score (nSPS) is 10.7. The summed E-state index contributed by atoms with van der Waals surface area (Å²) < 4.78 is 33.4. The Hall–Kier alpha value is -2.26. The third-order valence-corrected chi connectivity index (χ3v) is 3.01. The molecule has 0 aliphatic carbocycles. The fourth-order valence-electron chi connectivity index (χ4n) is 1.09. The van der Waals surface area contributed by atoms with Crippen LogP contribution in [0.3, 0.4) is 0 Å². The summed E-state index contributed by atoms with van der Waals surface area (Å²) >= 11 is 5.52. The second-order valence-electron chi connectivity index (χ2n) is 3.84. The van der Waals surface area contributed by atoms with Gasteiger partial charge in [-0.3, -0.25) is 0 Å². The van der Waals surface area contributed by atoms with Crippen LogP contribution in [0.2, 0.25) is 0 Å². The molecule has 2 amide bonds. The third-order valence-electron chi connectivity index (χ3n) is 1.92. The van der Waals surface area contributed by atoms with Crippen molar-refractivity contribution in [1.29, 1.82) is 0 Å². The molecule has 0 atom stereocenters. The maximum absolute atomic E-state index is 12.0. The van der Waals surface area contributed by atoms with Gasteiger partial charge in [0.1, 0.15) is 13.2 Å². The van der Waals surface area contributed by atoms with Gasteiger partial charge in [-0.1, -0.05) is 43.5 Å². The maximum atomic E-state index is 12.0. The van der Waals surface area contributed by atoms with Crippen molar-refractivity contribution in [3.8, 4) is 0 Å². The van der Waals surface area contributed by atoms with Gasteiger partial charge in [0.25, 0.3) is 0 Å². The third kappa shape index (κ3) is 7.52. The molecular weight excluding hydrogens is 348 g/mol. The van der Waals surface area contributed by atoms with Gasteiger partial charge in [-0.05, 0) is 6.08 Å². The fraction of sp³-hybridized carbons (Fsp3) is 0.231. The Bertz CT molecular complexity index is 590. The predicted molar refractivity (Wildman–Crippen MR) is 85.7 cm³/mol. The highest BCUT2D eigenvalue weighted by Gasteiger charge is 2.34. The second-order valence-corrected chi connectivity index (χ2v) is 6.17. The topological polar surface area (TPSA) is 93.2 Å². The lowest BCUT2D eigenvalue weighted by atomic mass is 10.6. The highest BCUT2D eigenvalue weighted by Crippen LogP contribution is 2.12. The van der Waals surface area contributed by atoms with E-state index in [0.717, 1.165) is 18.5 Å². The van der Waals surface area contributed by atoms with Crippen LogP contribution in [0, 0.1) is 0 Å². The van der Waals surface area contributed by atoms with Crippen molar-refractivity contribution in [1.82, 2.24) is 9.42 Å². The van der Waals surface area contributed by atoms with Crippen LogP contribution in [0.4, 0.5) is 9.59 Å².